The predicted molar refractivity (Wildman–Crippen MR) is 77.6 cm³/mol. The van der Waals surface area contributed by atoms with E-state index < -0.39 is 0 Å². The highest BCUT2D eigenvalue weighted by atomic mass is 16.2. The quantitative estimate of drug-likeness (QED) is 0.817. The molecule has 0 bridgehead atoms. The van der Waals surface area contributed by atoms with Crippen LogP contribution in [0, 0.1) is 0 Å². The zero-order chi connectivity index (χ0) is 13.7. The van der Waals surface area contributed by atoms with Crippen molar-refractivity contribution in [3.8, 4) is 0 Å². The third kappa shape index (κ3) is 3.46. The van der Waals surface area contributed by atoms with E-state index in [4.69, 9.17) is 0 Å². The van der Waals surface area contributed by atoms with E-state index in [2.05, 4.69) is 23.9 Å². The average molecular weight is 261 g/mol. The minimum Gasteiger partial charge on any atom is -0.374 e. The highest BCUT2D eigenvalue weighted by Crippen LogP contribution is 2.17. The summed E-state index contributed by atoms with van der Waals surface area (Å²) in [5, 5.41) is 0. The van der Waals surface area contributed by atoms with Crippen LogP contribution in [0.25, 0.3) is 0 Å². The third-order valence-electron chi connectivity index (χ3n) is 3.64. The Hall–Kier alpha value is -1.58. The van der Waals surface area contributed by atoms with Crippen LogP contribution in [-0.4, -0.2) is 42.5 Å². The molecule has 1 aromatic heterocycles. The SMILES string of the molecule is CCCCN(C)c1ccnc(C(=O)N2CCCC2)c1. The summed E-state index contributed by atoms with van der Waals surface area (Å²) in [7, 11) is 2.06. The molecule has 1 amide bonds. The van der Waals surface area contributed by atoms with Crippen molar-refractivity contribution < 1.29 is 4.79 Å². The molecular weight excluding hydrogens is 238 g/mol. The Kier molecular flexibility index (Phi) is 4.77. The lowest BCUT2D eigenvalue weighted by atomic mass is 10.2. The minimum absolute atomic E-state index is 0.0724. The van der Waals surface area contributed by atoms with Gasteiger partial charge in [-0.25, -0.2) is 0 Å². The van der Waals surface area contributed by atoms with Gasteiger partial charge in [0.05, 0.1) is 0 Å². The van der Waals surface area contributed by atoms with Gasteiger partial charge in [-0.2, -0.15) is 0 Å². The molecule has 0 spiro atoms. The fourth-order valence-corrected chi connectivity index (χ4v) is 2.38. The Morgan fingerprint density at radius 3 is 2.84 bits per heavy atom. The minimum atomic E-state index is 0.0724. The van der Waals surface area contributed by atoms with E-state index >= 15 is 0 Å². The fraction of sp³-hybridized carbons (Fsp3) is 0.600. The fourth-order valence-electron chi connectivity index (χ4n) is 2.38. The maximum Gasteiger partial charge on any atom is 0.272 e. The van der Waals surface area contributed by atoms with Crippen molar-refractivity contribution in [1.29, 1.82) is 0 Å². The van der Waals surface area contributed by atoms with Crippen molar-refractivity contribution in [1.82, 2.24) is 9.88 Å². The maximum absolute atomic E-state index is 12.3. The standard InChI is InChI=1S/C15H23N3O/c1-3-4-9-17(2)13-7-8-16-14(12-13)15(19)18-10-5-6-11-18/h7-8,12H,3-6,9-11H2,1-2H3. The molecule has 1 aliphatic rings. The van der Waals surface area contributed by atoms with Crippen LogP contribution in [0.2, 0.25) is 0 Å². The Bertz CT molecular complexity index is 427. The van der Waals surface area contributed by atoms with E-state index in [0.29, 0.717) is 5.69 Å². The van der Waals surface area contributed by atoms with Crippen molar-refractivity contribution in [3.05, 3.63) is 24.0 Å². The zero-order valence-corrected chi connectivity index (χ0v) is 11.9. The molecule has 0 radical (unpaired) electrons. The van der Waals surface area contributed by atoms with E-state index in [0.717, 1.165) is 44.6 Å². The van der Waals surface area contributed by atoms with Crippen LogP contribution in [0.5, 0.6) is 0 Å². The molecule has 0 aliphatic carbocycles. The highest BCUT2D eigenvalue weighted by molar-refractivity contribution is 5.93. The van der Waals surface area contributed by atoms with Crippen molar-refractivity contribution in [2.45, 2.75) is 32.6 Å². The number of hydrogen-bond acceptors (Lipinski definition) is 3. The van der Waals surface area contributed by atoms with Gasteiger partial charge in [0.25, 0.3) is 5.91 Å². The van der Waals surface area contributed by atoms with Crippen LogP contribution in [-0.2, 0) is 0 Å². The van der Waals surface area contributed by atoms with Crippen LogP contribution >= 0.6 is 0 Å². The van der Waals surface area contributed by atoms with Crippen molar-refractivity contribution in [2.75, 3.05) is 31.6 Å². The lowest BCUT2D eigenvalue weighted by Crippen LogP contribution is -2.28. The molecular formula is C15H23N3O. The molecule has 0 N–H and O–H groups in total. The van der Waals surface area contributed by atoms with Gasteiger partial charge in [0.15, 0.2) is 0 Å². The van der Waals surface area contributed by atoms with Crippen molar-refractivity contribution >= 4 is 11.6 Å². The first kappa shape index (κ1) is 13.8. The summed E-state index contributed by atoms with van der Waals surface area (Å²) < 4.78 is 0. The van der Waals surface area contributed by atoms with Crippen molar-refractivity contribution in [2.24, 2.45) is 0 Å². The lowest BCUT2D eigenvalue weighted by Gasteiger charge is -2.20. The maximum atomic E-state index is 12.3. The molecule has 19 heavy (non-hydrogen) atoms. The van der Waals surface area contributed by atoms with E-state index in [1.54, 1.807) is 6.20 Å². The topological polar surface area (TPSA) is 36.4 Å². The van der Waals surface area contributed by atoms with E-state index in [1.807, 2.05) is 17.0 Å². The number of rotatable bonds is 5. The summed E-state index contributed by atoms with van der Waals surface area (Å²) in [6, 6.07) is 3.88. The molecule has 1 fully saturated rings. The summed E-state index contributed by atoms with van der Waals surface area (Å²) in [5.41, 5.74) is 1.65. The number of unbranched alkanes of at least 4 members (excludes halogenated alkanes) is 1. The molecule has 2 heterocycles. The van der Waals surface area contributed by atoms with Crippen LogP contribution in [0.15, 0.2) is 18.3 Å². The second-order valence-electron chi connectivity index (χ2n) is 5.17. The molecule has 0 aromatic carbocycles. The Balaban J connectivity index is 2.07. The molecule has 0 atom stereocenters. The molecule has 4 heteroatoms. The Morgan fingerprint density at radius 1 is 1.42 bits per heavy atom. The average Bonchev–Trinajstić information content (AvgIpc) is 2.98. The smallest absolute Gasteiger partial charge is 0.272 e. The third-order valence-corrected chi connectivity index (χ3v) is 3.64. The molecule has 0 saturated carbocycles. The van der Waals surface area contributed by atoms with Gasteiger partial charge >= 0.3 is 0 Å². The van der Waals surface area contributed by atoms with E-state index in [9.17, 15) is 4.79 Å². The van der Waals surface area contributed by atoms with E-state index in [-0.39, 0.29) is 5.91 Å². The largest absolute Gasteiger partial charge is 0.374 e. The lowest BCUT2D eigenvalue weighted by molar-refractivity contribution is 0.0787. The number of hydrogen-bond donors (Lipinski definition) is 0. The van der Waals surface area contributed by atoms with Gasteiger partial charge in [-0.3, -0.25) is 9.78 Å². The normalized spacial score (nSPS) is 14.7. The van der Waals surface area contributed by atoms with Gasteiger partial charge in [0, 0.05) is 38.6 Å². The monoisotopic (exact) mass is 261 g/mol. The predicted octanol–water partition coefficient (Wildman–Crippen LogP) is 2.55. The number of amides is 1. The molecule has 2 rings (SSSR count). The van der Waals surface area contributed by atoms with Gasteiger partial charge in [-0.15, -0.1) is 0 Å². The van der Waals surface area contributed by atoms with Crippen LogP contribution in [0.3, 0.4) is 0 Å². The van der Waals surface area contributed by atoms with Gasteiger partial charge in [0.1, 0.15) is 5.69 Å². The summed E-state index contributed by atoms with van der Waals surface area (Å²) in [6.45, 7) is 4.94. The Labute approximate surface area is 115 Å². The molecule has 4 nitrogen and oxygen atoms in total. The number of aromatic nitrogens is 1. The van der Waals surface area contributed by atoms with Gasteiger partial charge in [-0.05, 0) is 31.4 Å². The summed E-state index contributed by atoms with van der Waals surface area (Å²) in [4.78, 5) is 20.6. The molecule has 0 unspecified atom stereocenters. The first-order valence-corrected chi connectivity index (χ1v) is 7.19. The number of anilines is 1. The number of carbonyl (C=O) groups is 1. The first-order chi connectivity index (χ1) is 9.22. The summed E-state index contributed by atoms with van der Waals surface area (Å²) in [5.74, 6) is 0.0724. The molecule has 1 aromatic rings. The van der Waals surface area contributed by atoms with Gasteiger partial charge in [-0.1, -0.05) is 13.3 Å². The number of likely N-dealkylation sites (tertiary alicyclic amines) is 1. The number of carbonyl (C=O) groups excluding carboxylic acids is 1. The highest BCUT2D eigenvalue weighted by Gasteiger charge is 2.20. The zero-order valence-electron chi connectivity index (χ0n) is 11.9. The first-order valence-electron chi connectivity index (χ1n) is 7.19. The second-order valence-corrected chi connectivity index (χ2v) is 5.17. The molecule has 1 saturated heterocycles. The van der Waals surface area contributed by atoms with Crippen LogP contribution < -0.4 is 4.90 Å². The second kappa shape index (κ2) is 6.55. The summed E-state index contributed by atoms with van der Waals surface area (Å²) in [6.07, 6.45) is 6.30. The van der Waals surface area contributed by atoms with Gasteiger partial charge in [0.2, 0.25) is 0 Å². The molecule has 1 aliphatic heterocycles. The number of nitrogens with zero attached hydrogens (tertiary/aromatic N) is 3. The van der Waals surface area contributed by atoms with Gasteiger partial charge < -0.3 is 9.80 Å². The van der Waals surface area contributed by atoms with Crippen LogP contribution in [0.1, 0.15) is 43.1 Å². The molecule has 104 valence electrons. The Morgan fingerprint density at radius 2 is 2.16 bits per heavy atom. The van der Waals surface area contributed by atoms with Crippen molar-refractivity contribution in [3.63, 3.8) is 0 Å². The van der Waals surface area contributed by atoms with Crippen LogP contribution in [0.4, 0.5) is 5.69 Å². The van der Waals surface area contributed by atoms with E-state index in [1.165, 1.54) is 6.42 Å². The summed E-state index contributed by atoms with van der Waals surface area (Å²) >= 11 is 0. The number of pyridine rings is 1.